The maximum atomic E-state index is 10.6. The van der Waals surface area contributed by atoms with Gasteiger partial charge in [-0.05, 0) is 19.0 Å². The third-order valence-electron chi connectivity index (χ3n) is 1.19. The molecule has 0 aromatic rings. The van der Waals surface area contributed by atoms with Crippen molar-refractivity contribution in [3.63, 3.8) is 0 Å². The summed E-state index contributed by atoms with van der Waals surface area (Å²) in [6.07, 6.45) is 3.54. The van der Waals surface area contributed by atoms with E-state index in [1.807, 2.05) is 0 Å². The first-order chi connectivity index (χ1) is 3.84. The van der Waals surface area contributed by atoms with Gasteiger partial charge in [-0.15, -0.1) is 12.4 Å². The lowest BCUT2D eigenvalue weighted by atomic mass is 10.4. The summed E-state index contributed by atoms with van der Waals surface area (Å²) in [7, 11) is 0. The SMILES string of the molecule is C=CNC(=O)C1CC1.Cl. The Bertz CT molecular complexity index is 120. The van der Waals surface area contributed by atoms with Crippen molar-refractivity contribution in [3.05, 3.63) is 12.8 Å². The monoisotopic (exact) mass is 147 g/mol. The van der Waals surface area contributed by atoms with Crippen LogP contribution in [0.15, 0.2) is 12.8 Å². The van der Waals surface area contributed by atoms with Gasteiger partial charge in [-0.25, -0.2) is 0 Å². The van der Waals surface area contributed by atoms with Gasteiger partial charge in [0.05, 0.1) is 0 Å². The van der Waals surface area contributed by atoms with Crippen LogP contribution in [0.4, 0.5) is 0 Å². The predicted molar refractivity (Wildman–Crippen MR) is 38.3 cm³/mol. The molecule has 0 saturated heterocycles. The molecule has 3 heteroatoms. The molecule has 0 bridgehead atoms. The molecule has 1 amide bonds. The van der Waals surface area contributed by atoms with Crippen LogP contribution in [0, 0.1) is 5.92 Å². The highest BCUT2D eigenvalue weighted by atomic mass is 35.5. The number of amides is 1. The zero-order chi connectivity index (χ0) is 5.98. The van der Waals surface area contributed by atoms with Gasteiger partial charge < -0.3 is 5.32 Å². The lowest BCUT2D eigenvalue weighted by Crippen LogP contribution is -2.17. The molecule has 1 N–H and O–H groups in total. The maximum absolute atomic E-state index is 10.6. The van der Waals surface area contributed by atoms with Crippen molar-refractivity contribution in [3.8, 4) is 0 Å². The molecule has 2 nitrogen and oxygen atoms in total. The van der Waals surface area contributed by atoms with Crippen LogP contribution in [0.3, 0.4) is 0 Å². The second-order valence-corrected chi connectivity index (χ2v) is 1.99. The summed E-state index contributed by atoms with van der Waals surface area (Å²) in [4.78, 5) is 10.6. The molecule has 0 aromatic heterocycles. The summed E-state index contributed by atoms with van der Waals surface area (Å²) in [5.41, 5.74) is 0. The number of carbonyl (C=O) groups excluding carboxylic acids is 1. The zero-order valence-corrected chi connectivity index (χ0v) is 5.91. The molecule has 1 saturated carbocycles. The highest BCUT2D eigenvalue weighted by molar-refractivity contribution is 5.85. The van der Waals surface area contributed by atoms with Gasteiger partial charge in [0.1, 0.15) is 0 Å². The maximum Gasteiger partial charge on any atom is 0.227 e. The number of rotatable bonds is 2. The summed E-state index contributed by atoms with van der Waals surface area (Å²) >= 11 is 0. The van der Waals surface area contributed by atoms with E-state index in [4.69, 9.17) is 0 Å². The quantitative estimate of drug-likeness (QED) is 0.622. The Morgan fingerprint density at radius 3 is 2.56 bits per heavy atom. The molecule has 0 heterocycles. The van der Waals surface area contributed by atoms with E-state index < -0.39 is 0 Å². The van der Waals surface area contributed by atoms with E-state index >= 15 is 0 Å². The summed E-state index contributed by atoms with van der Waals surface area (Å²) in [6, 6.07) is 0. The van der Waals surface area contributed by atoms with Gasteiger partial charge in [-0.2, -0.15) is 0 Å². The molecule has 0 atom stereocenters. The Labute approximate surface area is 60.7 Å². The standard InChI is InChI=1S/C6H9NO.ClH/c1-2-7-6(8)5-3-4-5;/h2,5H,1,3-4H2,(H,7,8);1H. The van der Waals surface area contributed by atoms with Gasteiger partial charge in [-0.3, -0.25) is 4.79 Å². The minimum Gasteiger partial charge on any atom is -0.333 e. The van der Waals surface area contributed by atoms with Crippen LogP contribution in [-0.2, 0) is 4.79 Å². The number of nitrogens with one attached hydrogen (secondary N) is 1. The highest BCUT2D eigenvalue weighted by Gasteiger charge is 2.28. The van der Waals surface area contributed by atoms with Gasteiger partial charge in [0.15, 0.2) is 0 Å². The predicted octanol–water partition coefficient (Wildman–Crippen LogP) is 1.08. The van der Waals surface area contributed by atoms with E-state index in [1.165, 1.54) is 6.20 Å². The molecule has 52 valence electrons. The summed E-state index contributed by atoms with van der Waals surface area (Å²) < 4.78 is 0. The van der Waals surface area contributed by atoms with Gasteiger partial charge in [0.25, 0.3) is 0 Å². The van der Waals surface area contributed by atoms with E-state index in [1.54, 1.807) is 0 Å². The van der Waals surface area contributed by atoms with Crippen LogP contribution in [0.5, 0.6) is 0 Å². The van der Waals surface area contributed by atoms with Crippen LogP contribution in [0.2, 0.25) is 0 Å². The van der Waals surface area contributed by atoms with Crippen LogP contribution in [-0.4, -0.2) is 5.91 Å². The van der Waals surface area contributed by atoms with Crippen molar-refractivity contribution in [2.75, 3.05) is 0 Å². The Morgan fingerprint density at radius 2 is 2.22 bits per heavy atom. The number of hydrogen-bond donors (Lipinski definition) is 1. The van der Waals surface area contributed by atoms with Crippen molar-refractivity contribution >= 4 is 18.3 Å². The topological polar surface area (TPSA) is 29.1 Å². The number of halogens is 1. The molecule has 0 unspecified atom stereocenters. The molecule has 0 spiro atoms. The summed E-state index contributed by atoms with van der Waals surface area (Å²) in [6.45, 7) is 3.38. The third kappa shape index (κ3) is 2.51. The van der Waals surface area contributed by atoms with Crippen molar-refractivity contribution < 1.29 is 4.79 Å². The molecule has 1 aliphatic rings. The zero-order valence-electron chi connectivity index (χ0n) is 5.09. The molecule has 9 heavy (non-hydrogen) atoms. The summed E-state index contributed by atoms with van der Waals surface area (Å²) in [5, 5.41) is 2.53. The Kier molecular flexibility index (Phi) is 3.32. The van der Waals surface area contributed by atoms with E-state index in [2.05, 4.69) is 11.9 Å². The van der Waals surface area contributed by atoms with E-state index in [0.29, 0.717) is 5.92 Å². The molecule has 0 aromatic carbocycles. The van der Waals surface area contributed by atoms with Gasteiger partial charge in [0.2, 0.25) is 5.91 Å². The van der Waals surface area contributed by atoms with Crippen molar-refractivity contribution in [2.24, 2.45) is 5.92 Å². The van der Waals surface area contributed by atoms with E-state index in [-0.39, 0.29) is 18.3 Å². The lowest BCUT2D eigenvalue weighted by molar-refractivity contribution is -0.121. The number of carbonyl (C=O) groups is 1. The molecule has 0 aliphatic heterocycles. The normalized spacial score (nSPS) is 15.6. The number of hydrogen-bond acceptors (Lipinski definition) is 1. The first-order valence-electron chi connectivity index (χ1n) is 2.76. The van der Waals surface area contributed by atoms with Crippen molar-refractivity contribution in [1.29, 1.82) is 0 Å². The molecule has 1 rings (SSSR count). The van der Waals surface area contributed by atoms with Crippen LogP contribution in [0.1, 0.15) is 12.8 Å². The first-order valence-corrected chi connectivity index (χ1v) is 2.76. The average Bonchev–Trinajstić information content (AvgIpc) is 2.45. The van der Waals surface area contributed by atoms with Crippen molar-refractivity contribution in [2.45, 2.75) is 12.8 Å². The Hall–Kier alpha value is -0.500. The van der Waals surface area contributed by atoms with E-state index in [9.17, 15) is 4.79 Å². The van der Waals surface area contributed by atoms with Crippen molar-refractivity contribution in [1.82, 2.24) is 5.32 Å². The lowest BCUT2D eigenvalue weighted by Gasteiger charge is -1.91. The Morgan fingerprint density at radius 1 is 1.67 bits per heavy atom. The fourth-order valence-corrected chi connectivity index (χ4v) is 0.564. The second kappa shape index (κ2) is 3.51. The third-order valence-corrected chi connectivity index (χ3v) is 1.19. The molecular weight excluding hydrogens is 138 g/mol. The minimum absolute atomic E-state index is 0. The van der Waals surface area contributed by atoms with Crippen LogP contribution < -0.4 is 5.32 Å². The largest absolute Gasteiger partial charge is 0.333 e. The van der Waals surface area contributed by atoms with Crippen LogP contribution >= 0.6 is 12.4 Å². The van der Waals surface area contributed by atoms with Gasteiger partial charge >= 0.3 is 0 Å². The Balaban J connectivity index is 0.000000640. The summed E-state index contributed by atoms with van der Waals surface area (Å²) in [5.74, 6) is 0.424. The van der Waals surface area contributed by atoms with Gasteiger partial charge in [0, 0.05) is 5.92 Å². The molecule has 0 radical (unpaired) electrons. The molecule has 1 aliphatic carbocycles. The molecular formula is C6H10ClNO. The fourth-order valence-electron chi connectivity index (χ4n) is 0.564. The first kappa shape index (κ1) is 8.50. The second-order valence-electron chi connectivity index (χ2n) is 1.99. The van der Waals surface area contributed by atoms with Crippen LogP contribution in [0.25, 0.3) is 0 Å². The molecule has 1 fully saturated rings. The minimum atomic E-state index is 0. The van der Waals surface area contributed by atoms with Gasteiger partial charge in [-0.1, -0.05) is 6.58 Å². The fraction of sp³-hybridized carbons (Fsp3) is 0.500. The van der Waals surface area contributed by atoms with E-state index in [0.717, 1.165) is 12.8 Å². The highest BCUT2D eigenvalue weighted by Crippen LogP contribution is 2.28. The average molecular weight is 148 g/mol. The smallest absolute Gasteiger partial charge is 0.227 e.